The SMILES string of the molecule is COc1cncc(C(O)N2CCC(c3ccc(C4=CCCC=C4C4CC4)cc3CO)C2)n1. The Balaban J connectivity index is 1.34. The van der Waals surface area contributed by atoms with E-state index in [0.717, 1.165) is 37.3 Å². The van der Waals surface area contributed by atoms with E-state index in [1.54, 1.807) is 13.3 Å². The van der Waals surface area contributed by atoms with Gasteiger partial charge in [-0.15, -0.1) is 0 Å². The van der Waals surface area contributed by atoms with Crippen molar-refractivity contribution in [2.45, 2.75) is 50.9 Å². The summed E-state index contributed by atoms with van der Waals surface area (Å²) in [6.45, 7) is 1.50. The van der Waals surface area contributed by atoms with E-state index in [1.165, 1.54) is 41.3 Å². The predicted molar refractivity (Wildman–Crippen MR) is 123 cm³/mol. The number of benzene rings is 1. The van der Waals surface area contributed by atoms with Crippen molar-refractivity contribution in [2.24, 2.45) is 5.92 Å². The zero-order valence-electron chi connectivity index (χ0n) is 18.6. The van der Waals surface area contributed by atoms with Crippen LogP contribution in [-0.4, -0.2) is 45.3 Å². The smallest absolute Gasteiger partial charge is 0.232 e. The molecule has 3 aliphatic rings. The van der Waals surface area contributed by atoms with Crippen LogP contribution in [0.3, 0.4) is 0 Å². The van der Waals surface area contributed by atoms with Gasteiger partial charge < -0.3 is 14.9 Å². The second kappa shape index (κ2) is 9.14. The lowest BCUT2D eigenvalue weighted by atomic mass is 9.85. The van der Waals surface area contributed by atoms with Gasteiger partial charge in [-0.2, -0.15) is 0 Å². The Morgan fingerprint density at radius 1 is 1.12 bits per heavy atom. The molecule has 1 aromatic carbocycles. The minimum Gasteiger partial charge on any atom is -0.480 e. The van der Waals surface area contributed by atoms with Gasteiger partial charge in [-0.25, -0.2) is 4.98 Å². The van der Waals surface area contributed by atoms with Gasteiger partial charge in [-0.3, -0.25) is 9.88 Å². The number of aromatic nitrogens is 2. The Bertz CT molecular complexity index is 1040. The summed E-state index contributed by atoms with van der Waals surface area (Å²) in [5.41, 5.74) is 6.74. The minimum absolute atomic E-state index is 0.0271. The molecule has 0 radical (unpaired) electrons. The summed E-state index contributed by atoms with van der Waals surface area (Å²) in [6.07, 6.45) is 12.8. The van der Waals surface area contributed by atoms with Crippen molar-refractivity contribution < 1.29 is 14.9 Å². The molecule has 1 aromatic heterocycles. The van der Waals surface area contributed by atoms with E-state index in [9.17, 15) is 10.2 Å². The van der Waals surface area contributed by atoms with Crippen molar-refractivity contribution in [3.05, 3.63) is 70.7 Å². The highest BCUT2D eigenvalue weighted by molar-refractivity contribution is 5.81. The lowest BCUT2D eigenvalue weighted by Crippen LogP contribution is -2.27. The van der Waals surface area contributed by atoms with Gasteiger partial charge in [0.25, 0.3) is 0 Å². The zero-order chi connectivity index (χ0) is 22.1. The average Bonchev–Trinajstić information content (AvgIpc) is 3.59. The molecule has 2 aromatic rings. The Hall–Kier alpha value is -2.54. The highest BCUT2D eigenvalue weighted by atomic mass is 16.5. The molecule has 5 rings (SSSR count). The number of ether oxygens (including phenoxy) is 1. The van der Waals surface area contributed by atoms with Crippen LogP contribution in [0.15, 0.2) is 48.3 Å². The molecule has 0 spiro atoms. The van der Waals surface area contributed by atoms with Gasteiger partial charge in [0.15, 0.2) is 6.23 Å². The van der Waals surface area contributed by atoms with Crippen LogP contribution in [0.1, 0.15) is 66.6 Å². The van der Waals surface area contributed by atoms with Crippen LogP contribution in [0.4, 0.5) is 0 Å². The molecular weight excluding hydrogens is 402 g/mol. The molecule has 6 heteroatoms. The van der Waals surface area contributed by atoms with E-state index in [-0.39, 0.29) is 12.5 Å². The summed E-state index contributed by atoms with van der Waals surface area (Å²) < 4.78 is 5.14. The van der Waals surface area contributed by atoms with E-state index in [4.69, 9.17) is 4.74 Å². The molecular formula is C26H31N3O3. The molecule has 1 saturated heterocycles. The molecule has 2 atom stereocenters. The van der Waals surface area contributed by atoms with E-state index >= 15 is 0 Å². The lowest BCUT2D eigenvalue weighted by Gasteiger charge is -2.23. The standard InChI is InChI=1S/C26H31N3O3/c1-32-25-14-27-13-24(28-25)26(31)29-11-10-19(15-29)21-9-8-18(12-20(21)16-30)23-5-3-2-4-22(23)17-6-7-17/h4-5,8-9,12-14,17,19,26,30-31H,2-3,6-7,10-11,15-16H2,1H3. The minimum atomic E-state index is -0.821. The van der Waals surface area contributed by atoms with Crippen LogP contribution in [0.2, 0.25) is 0 Å². The van der Waals surface area contributed by atoms with Crippen LogP contribution in [-0.2, 0) is 6.61 Å². The monoisotopic (exact) mass is 433 g/mol. The summed E-state index contributed by atoms with van der Waals surface area (Å²) in [4.78, 5) is 10.5. The lowest BCUT2D eigenvalue weighted by molar-refractivity contribution is 0.0138. The molecule has 2 aliphatic carbocycles. The summed E-state index contributed by atoms with van der Waals surface area (Å²) in [5.74, 6) is 1.38. The first-order valence-electron chi connectivity index (χ1n) is 11.6. The van der Waals surface area contributed by atoms with E-state index in [2.05, 4.69) is 40.3 Å². The van der Waals surface area contributed by atoms with E-state index < -0.39 is 6.23 Å². The van der Waals surface area contributed by atoms with Crippen molar-refractivity contribution >= 4 is 5.57 Å². The van der Waals surface area contributed by atoms with Crippen LogP contribution < -0.4 is 4.74 Å². The van der Waals surface area contributed by atoms with Gasteiger partial charge in [-0.05, 0) is 77.8 Å². The zero-order valence-corrected chi connectivity index (χ0v) is 18.6. The summed E-state index contributed by atoms with van der Waals surface area (Å²) in [7, 11) is 1.54. The molecule has 168 valence electrons. The number of hydrogen-bond donors (Lipinski definition) is 2. The summed E-state index contributed by atoms with van der Waals surface area (Å²) in [6, 6.07) is 6.58. The number of likely N-dealkylation sites (tertiary alicyclic amines) is 1. The maximum atomic E-state index is 10.8. The molecule has 2 unspecified atom stereocenters. The number of nitrogens with zero attached hydrogens (tertiary/aromatic N) is 3. The van der Waals surface area contributed by atoms with Gasteiger partial charge in [-0.1, -0.05) is 24.3 Å². The molecule has 6 nitrogen and oxygen atoms in total. The van der Waals surface area contributed by atoms with Crippen molar-refractivity contribution in [1.82, 2.24) is 14.9 Å². The Kier molecular flexibility index (Phi) is 6.09. The van der Waals surface area contributed by atoms with Crippen LogP contribution in [0, 0.1) is 5.92 Å². The molecule has 2 heterocycles. The van der Waals surface area contributed by atoms with Crippen molar-refractivity contribution in [3.63, 3.8) is 0 Å². The fourth-order valence-electron chi connectivity index (χ4n) is 5.10. The third-order valence-electron chi connectivity index (χ3n) is 6.94. The normalized spacial score (nSPS) is 22.4. The second-order valence-corrected chi connectivity index (χ2v) is 9.04. The Morgan fingerprint density at radius 3 is 2.75 bits per heavy atom. The quantitative estimate of drug-likeness (QED) is 0.688. The van der Waals surface area contributed by atoms with Crippen LogP contribution in [0.25, 0.3) is 5.57 Å². The fraction of sp³-hybridized carbons (Fsp3) is 0.462. The van der Waals surface area contributed by atoms with Gasteiger partial charge in [0.05, 0.1) is 26.1 Å². The maximum absolute atomic E-state index is 10.8. The number of allylic oxidation sites excluding steroid dienone is 4. The maximum Gasteiger partial charge on any atom is 0.232 e. The highest BCUT2D eigenvalue weighted by Crippen LogP contribution is 2.45. The van der Waals surface area contributed by atoms with E-state index in [0.29, 0.717) is 18.1 Å². The van der Waals surface area contributed by atoms with Gasteiger partial charge in [0.2, 0.25) is 5.88 Å². The first-order chi connectivity index (χ1) is 15.7. The average molecular weight is 434 g/mol. The van der Waals surface area contributed by atoms with Crippen molar-refractivity contribution in [1.29, 1.82) is 0 Å². The molecule has 1 saturated carbocycles. The predicted octanol–water partition coefficient (Wildman–Crippen LogP) is 3.97. The van der Waals surface area contributed by atoms with Gasteiger partial charge in [0.1, 0.15) is 5.69 Å². The van der Waals surface area contributed by atoms with Gasteiger partial charge >= 0.3 is 0 Å². The van der Waals surface area contributed by atoms with Crippen LogP contribution in [0.5, 0.6) is 5.88 Å². The fourth-order valence-corrected chi connectivity index (χ4v) is 5.10. The third kappa shape index (κ3) is 4.22. The number of rotatable bonds is 7. The molecule has 0 bridgehead atoms. The molecule has 1 aliphatic heterocycles. The summed E-state index contributed by atoms with van der Waals surface area (Å²) >= 11 is 0. The number of aliphatic hydroxyl groups is 2. The number of aliphatic hydroxyl groups excluding tert-OH is 2. The Morgan fingerprint density at radius 2 is 1.97 bits per heavy atom. The van der Waals surface area contributed by atoms with Gasteiger partial charge in [0, 0.05) is 13.1 Å². The highest BCUT2D eigenvalue weighted by Gasteiger charge is 2.32. The topological polar surface area (TPSA) is 78.7 Å². The largest absolute Gasteiger partial charge is 0.480 e. The van der Waals surface area contributed by atoms with Crippen molar-refractivity contribution in [3.8, 4) is 5.88 Å². The number of hydrogen-bond acceptors (Lipinski definition) is 6. The van der Waals surface area contributed by atoms with Crippen LogP contribution >= 0.6 is 0 Å². The first-order valence-corrected chi connectivity index (χ1v) is 11.6. The first kappa shape index (κ1) is 21.3. The molecule has 2 fully saturated rings. The summed E-state index contributed by atoms with van der Waals surface area (Å²) in [5, 5.41) is 21.0. The van der Waals surface area contributed by atoms with E-state index in [1.807, 2.05) is 4.90 Å². The molecule has 0 amide bonds. The van der Waals surface area contributed by atoms with Crippen molar-refractivity contribution in [2.75, 3.05) is 20.2 Å². The third-order valence-corrected chi connectivity index (χ3v) is 6.94. The molecule has 32 heavy (non-hydrogen) atoms. The second-order valence-electron chi connectivity index (χ2n) is 9.04. The number of methoxy groups -OCH3 is 1. The molecule has 2 N–H and O–H groups in total. The Labute approximate surface area is 189 Å².